The summed E-state index contributed by atoms with van der Waals surface area (Å²) >= 11 is 0. The highest BCUT2D eigenvalue weighted by atomic mass is 32.2. The molecule has 4 rings (SSSR count). The lowest BCUT2D eigenvalue weighted by Crippen LogP contribution is -2.36. The molecule has 1 aromatic heterocycles. The van der Waals surface area contributed by atoms with E-state index in [2.05, 4.69) is 14.9 Å². The number of furan rings is 1. The van der Waals surface area contributed by atoms with E-state index in [1.807, 2.05) is 12.1 Å². The van der Waals surface area contributed by atoms with Gasteiger partial charge in [-0.2, -0.15) is 0 Å². The average molecular weight is 458 g/mol. The molecule has 1 fully saturated rings. The average Bonchev–Trinajstić information content (AvgIpc) is 3.50. The smallest absolute Gasteiger partial charge is 0.261 e. The second-order valence-corrected chi connectivity index (χ2v) is 9.30. The number of benzene rings is 2. The Labute approximate surface area is 186 Å². The maximum Gasteiger partial charge on any atom is 0.261 e. The van der Waals surface area contributed by atoms with E-state index < -0.39 is 15.8 Å². The number of carbonyl (C=O) groups excluding carboxylic acids is 1. The van der Waals surface area contributed by atoms with Crippen LogP contribution in [0, 0.1) is 5.82 Å². The summed E-state index contributed by atoms with van der Waals surface area (Å²) in [4.78, 5) is 14.9. The van der Waals surface area contributed by atoms with Crippen molar-refractivity contribution >= 4 is 21.6 Å². The number of hydrogen-bond donors (Lipinski definition) is 2. The van der Waals surface area contributed by atoms with E-state index in [0.717, 1.165) is 31.7 Å². The van der Waals surface area contributed by atoms with Crippen molar-refractivity contribution in [3.05, 3.63) is 84.1 Å². The molecule has 1 aliphatic rings. The molecule has 32 heavy (non-hydrogen) atoms. The van der Waals surface area contributed by atoms with Gasteiger partial charge in [0.25, 0.3) is 15.9 Å². The van der Waals surface area contributed by atoms with Crippen molar-refractivity contribution in [2.75, 3.05) is 24.4 Å². The van der Waals surface area contributed by atoms with Crippen molar-refractivity contribution in [2.24, 2.45) is 0 Å². The largest absolute Gasteiger partial charge is 0.468 e. The molecule has 168 valence electrons. The minimum Gasteiger partial charge on any atom is -0.468 e. The fourth-order valence-corrected chi connectivity index (χ4v) is 4.81. The topological polar surface area (TPSA) is 91.7 Å². The zero-order chi connectivity index (χ0) is 22.6. The quantitative estimate of drug-likeness (QED) is 0.537. The third-order valence-electron chi connectivity index (χ3n) is 5.43. The molecule has 2 N–H and O–H groups in total. The van der Waals surface area contributed by atoms with Crippen LogP contribution >= 0.6 is 0 Å². The summed E-state index contributed by atoms with van der Waals surface area (Å²) < 4.78 is 46.1. The molecule has 1 saturated heterocycles. The first kappa shape index (κ1) is 22.0. The van der Waals surface area contributed by atoms with Gasteiger partial charge in [-0.15, -0.1) is 0 Å². The van der Waals surface area contributed by atoms with Gasteiger partial charge in [0, 0.05) is 17.8 Å². The number of sulfonamides is 1. The molecular formula is C23H24FN3O4S. The van der Waals surface area contributed by atoms with Crippen LogP contribution in [0.1, 0.15) is 35.0 Å². The van der Waals surface area contributed by atoms with Gasteiger partial charge < -0.3 is 9.73 Å². The number of carbonyl (C=O) groups is 1. The molecular weight excluding hydrogens is 433 g/mol. The molecule has 2 aromatic carbocycles. The lowest BCUT2D eigenvalue weighted by Gasteiger charge is -2.26. The van der Waals surface area contributed by atoms with Crippen LogP contribution in [0.3, 0.4) is 0 Å². The fourth-order valence-electron chi connectivity index (χ4n) is 3.75. The normalized spacial score (nSPS) is 15.4. The Kier molecular flexibility index (Phi) is 6.57. The Morgan fingerprint density at radius 3 is 2.34 bits per heavy atom. The second-order valence-electron chi connectivity index (χ2n) is 7.62. The van der Waals surface area contributed by atoms with Crippen LogP contribution in [0.2, 0.25) is 0 Å². The Bertz CT molecular complexity index is 1140. The van der Waals surface area contributed by atoms with Gasteiger partial charge in [0.2, 0.25) is 0 Å². The molecule has 0 unspecified atom stereocenters. The molecule has 1 aliphatic heterocycles. The summed E-state index contributed by atoms with van der Waals surface area (Å²) in [5.41, 5.74) is 0.601. The van der Waals surface area contributed by atoms with Crippen molar-refractivity contribution in [1.82, 2.24) is 10.2 Å². The highest BCUT2D eigenvalue weighted by Crippen LogP contribution is 2.25. The highest BCUT2D eigenvalue weighted by Gasteiger charge is 2.26. The molecule has 7 nitrogen and oxygen atoms in total. The summed E-state index contributed by atoms with van der Waals surface area (Å²) in [6.45, 7) is 2.29. The van der Waals surface area contributed by atoms with E-state index in [4.69, 9.17) is 4.42 Å². The molecule has 3 aromatic rings. The van der Waals surface area contributed by atoms with Crippen LogP contribution in [0.25, 0.3) is 0 Å². The molecule has 0 bridgehead atoms. The molecule has 9 heteroatoms. The SMILES string of the molecule is O=C(NC[C@@H](c1ccco1)N1CCCC1)c1ccc(S(=O)(=O)Nc2ccc(F)cc2)cc1. The van der Waals surface area contributed by atoms with Crippen molar-refractivity contribution in [2.45, 2.75) is 23.8 Å². The van der Waals surface area contributed by atoms with Gasteiger partial charge in [-0.3, -0.25) is 14.4 Å². The first-order valence-corrected chi connectivity index (χ1v) is 11.8. The molecule has 0 radical (unpaired) electrons. The summed E-state index contributed by atoms with van der Waals surface area (Å²) in [5, 5.41) is 2.93. The summed E-state index contributed by atoms with van der Waals surface area (Å²) in [5.74, 6) is 0.0547. The zero-order valence-corrected chi connectivity index (χ0v) is 18.1. The summed E-state index contributed by atoms with van der Waals surface area (Å²) in [6.07, 6.45) is 3.86. The number of nitrogens with one attached hydrogen (secondary N) is 2. The second kappa shape index (κ2) is 9.54. The predicted molar refractivity (Wildman–Crippen MR) is 118 cm³/mol. The number of halogens is 1. The van der Waals surface area contributed by atoms with Crippen LogP contribution in [0.5, 0.6) is 0 Å². The third kappa shape index (κ3) is 5.17. The van der Waals surface area contributed by atoms with Gasteiger partial charge in [0.15, 0.2) is 0 Å². The van der Waals surface area contributed by atoms with E-state index in [1.54, 1.807) is 6.26 Å². The summed E-state index contributed by atoms with van der Waals surface area (Å²) in [7, 11) is -3.86. The molecule has 2 heterocycles. The maximum atomic E-state index is 13.0. The Hall–Kier alpha value is -3.17. The lowest BCUT2D eigenvalue weighted by atomic mass is 10.1. The highest BCUT2D eigenvalue weighted by molar-refractivity contribution is 7.92. The monoisotopic (exact) mass is 457 g/mol. The molecule has 0 saturated carbocycles. The van der Waals surface area contributed by atoms with Crippen LogP contribution < -0.4 is 10.0 Å². The van der Waals surface area contributed by atoms with Crippen molar-refractivity contribution in [3.8, 4) is 0 Å². The Morgan fingerprint density at radius 2 is 1.72 bits per heavy atom. The van der Waals surface area contributed by atoms with E-state index in [9.17, 15) is 17.6 Å². The van der Waals surface area contributed by atoms with Gasteiger partial charge in [-0.1, -0.05) is 0 Å². The first-order valence-electron chi connectivity index (χ1n) is 10.4. The van der Waals surface area contributed by atoms with Gasteiger partial charge in [-0.25, -0.2) is 12.8 Å². The minimum atomic E-state index is -3.86. The van der Waals surface area contributed by atoms with Crippen molar-refractivity contribution in [1.29, 1.82) is 0 Å². The van der Waals surface area contributed by atoms with E-state index in [0.29, 0.717) is 12.1 Å². The van der Waals surface area contributed by atoms with E-state index in [-0.39, 0.29) is 22.5 Å². The number of rotatable bonds is 8. The number of likely N-dealkylation sites (tertiary alicyclic amines) is 1. The van der Waals surface area contributed by atoms with Gasteiger partial charge >= 0.3 is 0 Å². The number of anilines is 1. The first-order chi connectivity index (χ1) is 15.4. The van der Waals surface area contributed by atoms with E-state index in [1.165, 1.54) is 48.5 Å². The standard InChI is InChI=1S/C23H24FN3O4S/c24-18-7-9-19(10-8-18)26-32(29,30)20-11-5-17(6-12-20)23(28)25-16-21(22-4-3-15-31-22)27-13-1-2-14-27/h3-12,15,21,26H,1-2,13-14,16H2,(H,25,28)/t21-/m0/s1. The number of hydrogen-bond acceptors (Lipinski definition) is 5. The Balaban J connectivity index is 1.40. The minimum absolute atomic E-state index is 0.00361. The molecule has 0 aliphatic carbocycles. The molecule has 0 spiro atoms. The van der Waals surface area contributed by atoms with Crippen LogP contribution in [-0.4, -0.2) is 38.9 Å². The van der Waals surface area contributed by atoms with E-state index >= 15 is 0 Å². The third-order valence-corrected chi connectivity index (χ3v) is 6.83. The molecule has 1 amide bonds. The lowest BCUT2D eigenvalue weighted by molar-refractivity contribution is 0.0933. The van der Waals surface area contributed by atoms with Crippen LogP contribution in [-0.2, 0) is 10.0 Å². The fraction of sp³-hybridized carbons (Fsp3) is 0.261. The summed E-state index contributed by atoms with van der Waals surface area (Å²) in [6, 6.07) is 14.4. The Morgan fingerprint density at radius 1 is 1.03 bits per heavy atom. The zero-order valence-electron chi connectivity index (χ0n) is 17.3. The van der Waals surface area contributed by atoms with Crippen molar-refractivity contribution in [3.63, 3.8) is 0 Å². The van der Waals surface area contributed by atoms with Crippen LogP contribution in [0.15, 0.2) is 76.2 Å². The van der Waals surface area contributed by atoms with Crippen LogP contribution in [0.4, 0.5) is 10.1 Å². The number of amides is 1. The number of nitrogens with zero attached hydrogens (tertiary/aromatic N) is 1. The van der Waals surface area contributed by atoms with Gasteiger partial charge in [0.1, 0.15) is 11.6 Å². The predicted octanol–water partition coefficient (Wildman–Crippen LogP) is 3.79. The van der Waals surface area contributed by atoms with Gasteiger partial charge in [0.05, 0.1) is 17.2 Å². The van der Waals surface area contributed by atoms with Gasteiger partial charge in [-0.05, 0) is 86.6 Å². The molecule has 1 atom stereocenters. The van der Waals surface area contributed by atoms with Crippen molar-refractivity contribution < 1.29 is 22.0 Å². The maximum absolute atomic E-state index is 13.0.